The Bertz CT molecular complexity index is 1220. The maximum absolute atomic E-state index is 14.3. The van der Waals surface area contributed by atoms with Crippen LogP contribution in [0.25, 0.3) is 10.9 Å². The van der Waals surface area contributed by atoms with E-state index < -0.39 is 5.82 Å². The molecule has 146 valence electrons. The molecule has 1 fully saturated rings. The summed E-state index contributed by atoms with van der Waals surface area (Å²) in [6, 6.07) is 12.6. The molecule has 0 aliphatic carbocycles. The van der Waals surface area contributed by atoms with Crippen molar-refractivity contribution in [2.24, 2.45) is 0 Å². The second-order valence-electron chi connectivity index (χ2n) is 7.06. The van der Waals surface area contributed by atoms with Gasteiger partial charge in [-0.15, -0.1) is 0 Å². The third-order valence-electron chi connectivity index (χ3n) is 5.21. The van der Waals surface area contributed by atoms with Crippen LogP contribution in [0.4, 0.5) is 10.1 Å². The van der Waals surface area contributed by atoms with Gasteiger partial charge in [0.1, 0.15) is 0 Å². The molecule has 0 spiro atoms. The highest BCUT2D eigenvalue weighted by molar-refractivity contribution is 6.31. The van der Waals surface area contributed by atoms with Gasteiger partial charge in [-0.25, -0.2) is 4.39 Å². The zero-order valence-corrected chi connectivity index (χ0v) is 16.0. The number of aromatic nitrogens is 3. The van der Waals surface area contributed by atoms with E-state index in [2.05, 4.69) is 15.1 Å². The summed E-state index contributed by atoms with van der Waals surface area (Å²) in [4.78, 5) is 21.6. The zero-order valence-electron chi connectivity index (χ0n) is 15.2. The number of aromatic amines is 1. The van der Waals surface area contributed by atoms with Gasteiger partial charge in [0.25, 0.3) is 0 Å². The second kappa shape index (κ2) is 7.00. The van der Waals surface area contributed by atoms with Crippen molar-refractivity contribution in [3.63, 3.8) is 0 Å². The third kappa shape index (κ3) is 3.17. The summed E-state index contributed by atoms with van der Waals surface area (Å²) in [7, 11) is 0. The van der Waals surface area contributed by atoms with E-state index in [-0.39, 0.29) is 35.5 Å². The molecule has 2 aromatic carbocycles. The Morgan fingerprint density at radius 1 is 1.24 bits per heavy atom. The van der Waals surface area contributed by atoms with Crippen molar-refractivity contribution < 1.29 is 13.7 Å². The Morgan fingerprint density at radius 3 is 3.00 bits per heavy atom. The highest BCUT2D eigenvalue weighted by Crippen LogP contribution is 2.34. The van der Waals surface area contributed by atoms with Gasteiger partial charge in [0.2, 0.25) is 11.8 Å². The molecule has 1 aliphatic heterocycles. The SMILES string of the molecule is O=C1CC(c2noc(Cc3c[nH]c4ccccc34)n2)CN1c1cccc(Cl)c1F. The molecule has 0 radical (unpaired) electrons. The van der Waals surface area contributed by atoms with Crippen LogP contribution in [0, 0.1) is 5.82 Å². The minimum Gasteiger partial charge on any atom is -0.361 e. The van der Waals surface area contributed by atoms with Crippen LogP contribution in [-0.4, -0.2) is 27.6 Å². The smallest absolute Gasteiger partial charge is 0.231 e. The lowest BCUT2D eigenvalue weighted by atomic mass is 10.1. The summed E-state index contributed by atoms with van der Waals surface area (Å²) in [5, 5.41) is 5.15. The number of hydrogen-bond acceptors (Lipinski definition) is 4. The van der Waals surface area contributed by atoms with Crippen molar-refractivity contribution in [2.75, 3.05) is 11.4 Å². The number of hydrogen-bond donors (Lipinski definition) is 1. The molecule has 3 heterocycles. The number of H-pyrrole nitrogens is 1. The largest absolute Gasteiger partial charge is 0.361 e. The quantitative estimate of drug-likeness (QED) is 0.539. The summed E-state index contributed by atoms with van der Waals surface area (Å²) in [5.41, 5.74) is 2.27. The average molecular weight is 411 g/mol. The van der Waals surface area contributed by atoms with E-state index in [1.165, 1.54) is 11.0 Å². The summed E-state index contributed by atoms with van der Waals surface area (Å²) in [6.07, 6.45) is 2.61. The number of benzene rings is 2. The highest BCUT2D eigenvalue weighted by Gasteiger charge is 2.36. The molecule has 0 bridgehead atoms. The first kappa shape index (κ1) is 17.9. The van der Waals surface area contributed by atoms with Crippen LogP contribution in [0.5, 0.6) is 0 Å². The minimum absolute atomic E-state index is 0.0145. The molecule has 0 saturated carbocycles. The Kier molecular flexibility index (Phi) is 4.32. The number of rotatable bonds is 4. The predicted octanol–water partition coefficient (Wildman–Crippen LogP) is 4.45. The van der Waals surface area contributed by atoms with E-state index in [0.717, 1.165) is 16.5 Å². The molecule has 1 saturated heterocycles. The van der Waals surface area contributed by atoms with E-state index in [1.54, 1.807) is 12.1 Å². The summed E-state index contributed by atoms with van der Waals surface area (Å²) >= 11 is 5.85. The average Bonchev–Trinajstić information content (AvgIpc) is 3.44. The molecule has 1 unspecified atom stereocenters. The molecule has 2 aromatic heterocycles. The van der Waals surface area contributed by atoms with Gasteiger partial charge in [0.15, 0.2) is 11.6 Å². The molecule has 1 N–H and O–H groups in total. The minimum atomic E-state index is -0.601. The molecule has 8 heteroatoms. The number of amides is 1. The molecule has 4 aromatic rings. The Labute approximate surface area is 170 Å². The van der Waals surface area contributed by atoms with Crippen LogP contribution >= 0.6 is 11.6 Å². The van der Waals surface area contributed by atoms with Crippen molar-refractivity contribution >= 4 is 34.1 Å². The van der Waals surface area contributed by atoms with Crippen LogP contribution < -0.4 is 4.90 Å². The lowest BCUT2D eigenvalue weighted by molar-refractivity contribution is -0.117. The van der Waals surface area contributed by atoms with Gasteiger partial charge in [-0.1, -0.05) is 41.0 Å². The fourth-order valence-electron chi connectivity index (χ4n) is 3.76. The van der Waals surface area contributed by atoms with Crippen LogP contribution in [0.2, 0.25) is 5.02 Å². The maximum atomic E-state index is 14.3. The summed E-state index contributed by atoms with van der Waals surface area (Å²) in [5.74, 6) is -0.125. The van der Waals surface area contributed by atoms with Crippen molar-refractivity contribution in [1.82, 2.24) is 15.1 Å². The molecule has 29 heavy (non-hydrogen) atoms. The molecular weight excluding hydrogens is 395 g/mol. The third-order valence-corrected chi connectivity index (χ3v) is 5.50. The normalized spacial score (nSPS) is 16.8. The number of nitrogens with zero attached hydrogens (tertiary/aromatic N) is 3. The van der Waals surface area contributed by atoms with Gasteiger partial charge in [-0.2, -0.15) is 4.98 Å². The van der Waals surface area contributed by atoms with Gasteiger partial charge in [0, 0.05) is 36.0 Å². The summed E-state index contributed by atoms with van der Waals surface area (Å²) < 4.78 is 19.7. The number of anilines is 1. The van der Waals surface area contributed by atoms with E-state index in [4.69, 9.17) is 16.1 Å². The predicted molar refractivity (Wildman–Crippen MR) is 107 cm³/mol. The number of carbonyl (C=O) groups is 1. The Morgan fingerprint density at radius 2 is 2.10 bits per heavy atom. The van der Waals surface area contributed by atoms with E-state index >= 15 is 0 Å². The van der Waals surface area contributed by atoms with E-state index in [1.807, 2.05) is 30.5 Å². The summed E-state index contributed by atoms with van der Waals surface area (Å²) in [6.45, 7) is 0.280. The monoisotopic (exact) mass is 410 g/mol. The van der Waals surface area contributed by atoms with Crippen molar-refractivity contribution in [2.45, 2.75) is 18.8 Å². The second-order valence-corrected chi connectivity index (χ2v) is 7.47. The van der Waals surface area contributed by atoms with Crippen molar-refractivity contribution in [1.29, 1.82) is 0 Å². The number of halogens is 2. The van der Waals surface area contributed by atoms with Crippen LogP contribution in [0.1, 0.15) is 29.6 Å². The Hall–Kier alpha value is -3.19. The number of carbonyl (C=O) groups excluding carboxylic acids is 1. The standard InChI is InChI=1S/C21H16ClFN4O2/c22-15-5-3-7-17(20(15)23)27-11-13(9-19(27)28)21-25-18(29-26-21)8-12-10-24-16-6-2-1-4-14(12)16/h1-7,10,13,24H,8-9,11H2. The molecule has 1 aliphatic rings. The van der Waals surface area contributed by atoms with Gasteiger partial charge in [0.05, 0.1) is 17.1 Å². The van der Waals surface area contributed by atoms with Gasteiger partial charge in [-0.3, -0.25) is 4.79 Å². The molecule has 1 atom stereocenters. The Balaban J connectivity index is 1.36. The first-order valence-electron chi connectivity index (χ1n) is 9.22. The van der Waals surface area contributed by atoms with Gasteiger partial charge in [-0.05, 0) is 23.8 Å². The lowest BCUT2D eigenvalue weighted by Crippen LogP contribution is -2.25. The molecular formula is C21H16ClFN4O2. The first-order chi connectivity index (χ1) is 14.1. The lowest BCUT2D eigenvalue weighted by Gasteiger charge is -2.17. The van der Waals surface area contributed by atoms with Gasteiger partial charge < -0.3 is 14.4 Å². The van der Waals surface area contributed by atoms with Crippen LogP contribution in [-0.2, 0) is 11.2 Å². The van der Waals surface area contributed by atoms with E-state index in [9.17, 15) is 9.18 Å². The van der Waals surface area contributed by atoms with Crippen molar-refractivity contribution in [3.8, 4) is 0 Å². The molecule has 1 amide bonds. The topological polar surface area (TPSA) is 75.0 Å². The fraction of sp³-hybridized carbons (Fsp3) is 0.190. The van der Waals surface area contributed by atoms with E-state index in [0.29, 0.717) is 18.1 Å². The van der Waals surface area contributed by atoms with Crippen molar-refractivity contribution in [3.05, 3.63) is 76.8 Å². The molecule has 6 nitrogen and oxygen atoms in total. The van der Waals surface area contributed by atoms with Gasteiger partial charge >= 0.3 is 0 Å². The van der Waals surface area contributed by atoms with Crippen LogP contribution in [0.3, 0.4) is 0 Å². The van der Waals surface area contributed by atoms with Crippen LogP contribution in [0.15, 0.2) is 53.2 Å². The zero-order chi connectivity index (χ0) is 20.0. The maximum Gasteiger partial charge on any atom is 0.231 e. The first-order valence-corrected chi connectivity index (χ1v) is 9.60. The molecule has 5 rings (SSSR count). The number of nitrogens with one attached hydrogen (secondary N) is 1. The fourth-order valence-corrected chi connectivity index (χ4v) is 3.93. The number of fused-ring (bicyclic) bond motifs is 1. The highest BCUT2D eigenvalue weighted by atomic mass is 35.5. The number of para-hydroxylation sites is 1.